The van der Waals surface area contributed by atoms with Crippen LogP contribution in [0.15, 0.2) is 24.3 Å². The van der Waals surface area contributed by atoms with Crippen molar-refractivity contribution in [3.63, 3.8) is 0 Å². The van der Waals surface area contributed by atoms with Crippen molar-refractivity contribution < 1.29 is 0 Å². The minimum atomic E-state index is 0.476. The van der Waals surface area contributed by atoms with Gasteiger partial charge < -0.3 is 5.32 Å². The molecule has 1 aromatic carbocycles. The van der Waals surface area contributed by atoms with Crippen molar-refractivity contribution >= 4 is 0 Å². The number of hydrogen-bond acceptors (Lipinski definition) is 2. The lowest BCUT2D eigenvalue weighted by molar-refractivity contribution is 0.131. The van der Waals surface area contributed by atoms with Crippen molar-refractivity contribution in [3.8, 4) is 0 Å². The average molecular weight is 274 g/mol. The van der Waals surface area contributed by atoms with Crippen LogP contribution in [0, 0.1) is 5.92 Å². The number of hydrogen-bond donors (Lipinski definition) is 1. The van der Waals surface area contributed by atoms with Crippen molar-refractivity contribution in [1.29, 1.82) is 0 Å². The summed E-state index contributed by atoms with van der Waals surface area (Å²) in [7, 11) is 2.11. The monoisotopic (exact) mass is 274 g/mol. The molecule has 3 unspecified atom stereocenters. The van der Waals surface area contributed by atoms with Gasteiger partial charge in [0.1, 0.15) is 0 Å². The van der Waals surface area contributed by atoms with Crippen LogP contribution in [0.5, 0.6) is 0 Å². The van der Waals surface area contributed by atoms with Crippen LogP contribution in [0.25, 0.3) is 0 Å². The van der Waals surface area contributed by atoms with E-state index in [4.69, 9.17) is 0 Å². The van der Waals surface area contributed by atoms with Crippen molar-refractivity contribution in [2.24, 2.45) is 5.92 Å². The highest BCUT2D eigenvalue weighted by Gasteiger charge is 2.32. The maximum Gasteiger partial charge on any atom is 0.0478 e. The Labute approximate surface area is 124 Å². The highest BCUT2D eigenvalue weighted by atomic mass is 15.2. The van der Waals surface area contributed by atoms with Crippen LogP contribution >= 0.6 is 0 Å². The predicted molar refractivity (Wildman–Crippen MR) is 87.1 cm³/mol. The van der Waals surface area contributed by atoms with Crippen LogP contribution in [0.1, 0.15) is 50.8 Å². The molecule has 0 saturated heterocycles. The Morgan fingerprint density at radius 3 is 2.70 bits per heavy atom. The summed E-state index contributed by atoms with van der Waals surface area (Å²) < 4.78 is 0. The van der Waals surface area contributed by atoms with Crippen LogP contribution in [-0.2, 0) is 6.42 Å². The summed E-state index contributed by atoms with van der Waals surface area (Å²) in [6.45, 7) is 9.33. The van der Waals surface area contributed by atoms with Gasteiger partial charge in [-0.1, -0.05) is 51.5 Å². The fraction of sp³-hybridized carbons (Fsp3) is 0.667. The first kappa shape index (κ1) is 15.5. The molecule has 0 radical (unpaired) electrons. The quantitative estimate of drug-likeness (QED) is 0.852. The summed E-state index contributed by atoms with van der Waals surface area (Å²) in [5, 5.41) is 3.57. The van der Waals surface area contributed by atoms with Crippen LogP contribution in [0.4, 0.5) is 0 Å². The van der Waals surface area contributed by atoms with E-state index in [1.165, 1.54) is 36.9 Å². The van der Waals surface area contributed by atoms with E-state index in [2.05, 4.69) is 62.3 Å². The zero-order valence-corrected chi connectivity index (χ0v) is 13.5. The number of rotatable bonds is 6. The topological polar surface area (TPSA) is 15.3 Å². The number of likely N-dealkylation sites (N-methyl/N-ethyl adjacent to an activating group) is 2. The Balaban J connectivity index is 2.19. The average Bonchev–Trinajstić information content (AvgIpc) is 2.51. The van der Waals surface area contributed by atoms with Crippen LogP contribution < -0.4 is 5.32 Å². The van der Waals surface area contributed by atoms with E-state index in [1.54, 1.807) is 0 Å². The summed E-state index contributed by atoms with van der Waals surface area (Å²) in [6, 6.07) is 10.1. The Morgan fingerprint density at radius 2 is 2.05 bits per heavy atom. The molecule has 20 heavy (non-hydrogen) atoms. The molecule has 1 aromatic rings. The lowest BCUT2D eigenvalue weighted by atomic mass is 9.83. The zero-order valence-electron chi connectivity index (χ0n) is 13.5. The first-order valence-electron chi connectivity index (χ1n) is 8.20. The number of nitrogens with one attached hydrogen (secondary N) is 1. The van der Waals surface area contributed by atoms with E-state index in [-0.39, 0.29) is 0 Å². The number of fused-ring (bicyclic) bond motifs is 1. The van der Waals surface area contributed by atoms with Gasteiger partial charge in [-0.15, -0.1) is 0 Å². The standard InChI is InChI=1S/C18H30N2/c1-5-14(3)13-20(6-2)17-12-11-15-9-7-8-10-16(15)18(17)19-4/h7-10,14,17-19H,5-6,11-13H2,1-4H3. The molecule has 1 N–H and O–H groups in total. The highest BCUT2D eigenvalue weighted by Crippen LogP contribution is 2.33. The summed E-state index contributed by atoms with van der Waals surface area (Å²) >= 11 is 0. The summed E-state index contributed by atoms with van der Waals surface area (Å²) in [4.78, 5) is 2.69. The molecule has 1 aliphatic rings. The Morgan fingerprint density at radius 1 is 1.30 bits per heavy atom. The minimum Gasteiger partial charge on any atom is -0.312 e. The molecule has 2 rings (SSSR count). The molecule has 2 nitrogen and oxygen atoms in total. The number of nitrogens with zero attached hydrogens (tertiary/aromatic N) is 1. The molecule has 0 heterocycles. The molecule has 0 amide bonds. The Bertz CT molecular complexity index is 416. The SMILES string of the molecule is CCC(C)CN(CC)C1CCc2ccccc2C1NC. The van der Waals surface area contributed by atoms with Gasteiger partial charge in [0.05, 0.1) is 0 Å². The molecule has 2 heteroatoms. The lowest BCUT2D eigenvalue weighted by Crippen LogP contribution is -2.47. The van der Waals surface area contributed by atoms with Gasteiger partial charge >= 0.3 is 0 Å². The van der Waals surface area contributed by atoms with Crippen molar-refractivity contribution in [3.05, 3.63) is 35.4 Å². The summed E-state index contributed by atoms with van der Waals surface area (Å²) in [6.07, 6.45) is 3.76. The van der Waals surface area contributed by atoms with Gasteiger partial charge in [-0.25, -0.2) is 0 Å². The fourth-order valence-corrected chi connectivity index (χ4v) is 3.51. The van der Waals surface area contributed by atoms with E-state index >= 15 is 0 Å². The second kappa shape index (κ2) is 7.24. The first-order valence-corrected chi connectivity index (χ1v) is 8.20. The molecule has 0 spiro atoms. The maximum atomic E-state index is 3.57. The van der Waals surface area contributed by atoms with Crippen molar-refractivity contribution in [2.45, 2.75) is 52.1 Å². The van der Waals surface area contributed by atoms with Crippen molar-refractivity contribution in [2.75, 3.05) is 20.1 Å². The van der Waals surface area contributed by atoms with Gasteiger partial charge in [0.2, 0.25) is 0 Å². The van der Waals surface area contributed by atoms with Crippen LogP contribution in [0.3, 0.4) is 0 Å². The molecule has 0 saturated carbocycles. The van der Waals surface area contributed by atoms with Gasteiger partial charge in [0.15, 0.2) is 0 Å². The van der Waals surface area contributed by atoms with E-state index in [1.807, 2.05) is 0 Å². The zero-order chi connectivity index (χ0) is 14.5. The second-order valence-electron chi connectivity index (χ2n) is 6.17. The van der Waals surface area contributed by atoms with Crippen LogP contribution in [-0.4, -0.2) is 31.1 Å². The van der Waals surface area contributed by atoms with E-state index in [0.717, 1.165) is 12.5 Å². The number of aryl methyl sites for hydroxylation is 1. The molecule has 3 atom stereocenters. The molecule has 112 valence electrons. The maximum absolute atomic E-state index is 3.57. The minimum absolute atomic E-state index is 0.476. The summed E-state index contributed by atoms with van der Waals surface area (Å²) in [5.41, 5.74) is 3.04. The molecular formula is C18H30N2. The third-order valence-corrected chi connectivity index (χ3v) is 4.91. The van der Waals surface area contributed by atoms with Crippen LogP contribution in [0.2, 0.25) is 0 Å². The molecule has 0 aliphatic heterocycles. The number of benzene rings is 1. The van der Waals surface area contributed by atoms with Crippen molar-refractivity contribution in [1.82, 2.24) is 10.2 Å². The summed E-state index contributed by atoms with van der Waals surface area (Å²) in [5.74, 6) is 0.782. The molecular weight excluding hydrogens is 244 g/mol. The Hall–Kier alpha value is -0.860. The molecule has 0 fully saturated rings. The second-order valence-corrected chi connectivity index (χ2v) is 6.17. The fourth-order valence-electron chi connectivity index (χ4n) is 3.51. The predicted octanol–water partition coefficient (Wildman–Crippen LogP) is 3.63. The van der Waals surface area contributed by atoms with Gasteiger partial charge in [-0.2, -0.15) is 0 Å². The van der Waals surface area contributed by atoms with E-state index < -0.39 is 0 Å². The van der Waals surface area contributed by atoms with Gasteiger partial charge in [-0.3, -0.25) is 4.90 Å². The smallest absolute Gasteiger partial charge is 0.0478 e. The van der Waals surface area contributed by atoms with E-state index in [0.29, 0.717) is 12.1 Å². The molecule has 1 aliphatic carbocycles. The molecule has 0 aromatic heterocycles. The first-order chi connectivity index (χ1) is 9.71. The molecule has 0 bridgehead atoms. The Kier molecular flexibility index (Phi) is 5.62. The lowest BCUT2D eigenvalue weighted by Gasteiger charge is -2.41. The van der Waals surface area contributed by atoms with E-state index in [9.17, 15) is 0 Å². The normalized spacial score (nSPS) is 23.6. The highest BCUT2D eigenvalue weighted by molar-refractivity contribution is 5.34. The van der Waals surface area contributed by atoms with Gasteiger partial charge in [0.25, 0.3) is 0 Å². The van der Waals surface area contributed by atoms with Gasteiger partial charge in [0, 0.05) is 18.6 Å². The largest absolute Gasteiger partial charge is 0.312 e. The third kappa shape index (κ3) is 3.24. The third-order valence-electron chi connectivity index (χ3n) is 4.91. The van der Waals surface area contributed by atoms with Gasteiger partial charge in [-0.05, 0) is 43.5 Å².